The number of nitrogens with one attached hydrogen (secondary N) is 1. The number of aliphatic hydroxyl groups excluding tert-OH is 1. The molecule has 1 aliphatic heterocycles. The van der Waals surface area contributed by atoms with Crippen molar-refractivity contribution in [2.45, 2.75) is 26.3 Å². The molecule has 1 amide bonds. The Balaban J connectivity index is 1.69. The van der Waals surface area contributed by atoms with E-state index >= 15 is 0 Å². The second-order valence-corrected chi connectivity index (χ2v) is 8.19. The number of ether oxygens (including phenoxy) is 1. The van der Waals surface area contributed by atoms with Gasteiger partial charge in [0, 0.05) is 34.1 Å². The molecule has 0 aliphatic carbocycles. The highest BCUT2D eigenvalue weighted by Gasteiger charge is 2.45. The van der Waals surface area contributed by atoms with Crippen LogP contribution in [0.3, 0.4) is 0 Å². The Morgan fingerprint density at radius 3 is 2.76 bits per heavy atom. The van der Waals surface area contributed by atoms with Crippen LogP contribution in [0.5, 0.6) is 5.75 Å². The van der Waals surface area contributed by atoms with E-state index in [1.54, 1.807) is 17.0 Å². The van der Waals surface area contributed by atoms with E-state index in [0.29, 0.717) is 29.7 Å². The number of furan rings is 1. The minimum Gasteiger partial charge on any atom is -0.503 e. The van der Waals surface area contributed by atoms with E-state index in [0.717, 1.165) is 22.2 Å². The average molecular weight is 444 g/mol. The lowest BCUT2D eigenvalue weighted by molar-refractivity contribution is -0.129. The number of amides is 1. The number of aliphatic hydroxyl groups is 1. The molecule has 1 atom stereocenters. The molecule has 0 saturated heterocycles. The van der Waals surface area contributed by atoms with Crippen LogP contribution in [0.4, 0.5) is 0 Å². The molecular formula is C26H24N2O5. The number of para-hydroxylation sites is 2. The largest absolute Gasteiger partial charge is 0.503 e. The lowest BCUT2D eigenvalue weighted by Gasteiger charge is -2.26. The lowest BCUT2D eigenvalue weighted by atomic mass is 9.93. The predicted molar refractivity (Wildman–Crippen MR) is 125 cm³/mol. The van der Waals surface area contributed by atoms with Gasteiger partial charge in [-0.3, -0.25) is 9.59 Å². The number of fused-ring (bicyclic) bond motifs is 2. The predicted octanol–water partition coefficient (Wildman–Crippen LogP) is 5.22. The van der Waals surface area contributed by atoms with Crippen LogP contribution in [-0.4, -0.2) is 40.3 Å². The first-order valence-corrected chi connectivity index (χ1v) is 10.9. The first-order valence-electron chi connectivity index (χ1n) is 10.9. The second-order valence-electron chi connectivity index (χ2n) is 8.19. The summed E-state index contributed by atoms with van der Waals surface area (Å²) < 4.78 is 11.2. The maximum Gasteiger partial charge on any atom is 0.290 e. The summed E-state index contributed by atoms with van der Waals surface area (Å²) in [5, 5.41) is 12.5. The molecule has 0 spiro atoms. The highest BCUT2D eigenvalue weighted by molar-refractivity contribution is 6.16. The van der Waals surface area contributed by atoms with E-state index in [2.05, 4.69) is 4.98 Å². The number of Topliss-reactive ketones (excluding diaryl/α,β-unsaturated/α-hetero) is 1. The Labute approximate surface area is 190 Å². The van der Waals surface area contributed by atoms with Gasteiger partial charge in [0.25, 0.3) is 5.91 Å². The van der Waals surface area contributed by atoms with Crippen LogP contribution in [0.15, 0.2) is 64.3 Å². The molecule has 3 heterocycles. The van der Waals surface area contributed by atoms with E-state index in [-0.39, 0.29) is 11.3 Å². The van der Waals surface area contributed by atoms with Crippen molar-refractivity contribution in [1.29, 1.82) is 0 Å². The SMILES string of the molecule is CCCN1C(=O)C(O)=C(C(=O)c2cc3cccc(OC)c3o2)C1c1c(C)[nH]c2ccccc12. The summed E-state index contributed by atoms with van der Waals surface area (Å²) in [5.74, 6) is -1.06. The van der Waals surface area contributed by atoms with Crippen LogP contribution < -0.4 is 4.74 Å². The number of aromatic nitrogens is 1. The van der Waals surface area contributed by atoms with E-state index in [1.807, 2.05) is 50.2 Å². The first-order chi connectivity index (χ1) is 16.0. The van der Waals surface area contributed by atoms with Gasteiger partial charge < -0.3 is 24.1 Å². The molecule has 0 radical (unpaired) electrons. The molecule has 7 nitrogen and oxygen atoms in total. The van der Waals surface area contributed by atoms with Crippen LogP contribution in [0.25, 0.3) is 21.9 Å². The number of ketones is 1. The third kappa shape index (κ3) is 3.11. The van der Waals surface area contributed by atoms with Gasteiger partial charge in [0.05, 0.1) is 18.7 Å². The number of methoxy groups -OCH3 is 1. The van der Waals surface area contributed by atoms with Crippen molar-refractivity contribution in [2.24, 2.45) is 0 Å². The van der Waals surface area contributed by atoms with Gasteiger partial charge in [-0.1, -0.05) is 37.3 Å². The van der Waals surface area contributed by atoms with Crippen molar-refractivity contribution in [3.8, 4) is 5.75 Å². The Bertz CT molecular complexity index is 1440. The average Bonchev–Trinajstić information content (AvgIpc) is 3.46. The minimum atomic E-state index is -0.726. The number of H-pyrrole nitrogens is 1. The molecule has 0 fully saturated rings. The summed E-state index contributed by atoms with van der Waals surface area (Å²) >= 11 is 0. The number of aryl methyl sites for hydroxylation is 1. The van der Waals surface area contributed by atoms with E-state index < -0.39 is 23.5 Å². The van der Waals surface area contributed by atoms with Gasteiger partial charge in [-0.15, -0.1) is 0 Å². The molecule has 33 heavy (non-hydrogen) atoms. The van der Waals surface area contributed by atoms with Gasteiger partial charge in [-0.05, 0) is 31.5 Å². The minimum absolute atomic E-state index is 0.0272. The van der Waals surface area contributed by atoms with Gasteiger partial charge >= 0.3 is 0 Å². The number of hydrogen-bond donors (Lipinski definition) is 2. The quantitative estimate of drug-likeness (QED) is 0.398. The molecule has 1 aliphatic rings. The molecular weight excluding hydrogens is 420 g/mol. The molecule has 2 aromatic carbocycles. The fourth-order valence-electron chi connectivity index (χ4n) is 4.75. The molecule has 2 aromatic heterocycles. The van der Waals surface area contributed by atoms with E-state index in [1.165, 1.54) is 7.11 Å². The van der Waals surface area contributed by atoms with Crippen LogP contribution >= 0.6 is 0 Å². The van der Waals surface area contributed by atoms with Crippen molar-refractivity contribution in [1.82, 2.24) is 9.88 Å². The number of carbonyl (C=O) groups is 2. The third-order valence-corrected chi connectivity index (χ3v) is 6.18. The van der Waals surface area contributed by atoms with Gasteiger partial charge in [-0.2, -0.15) is 0 Å². The van der Waals surface area contributed by atoms with Gasteiger partial charge in [0.1, 0.15) is 0 Å². The van der Waals surface area contributed by atoms with Crippen molar-refractivity contribution in [3.63, 3.8) is 0 Å². The topological polar surface area (TPSA) is 95.8 Å². The van der Waals surface area contributed by atoms with Crippen LogP contribution in [0.1, 0.15) is 41.2 Å². The molecule has 1 unspecified atom stereocenters. The zero-order chi connectivity index (χ0) is 23.3. The van der Waals surface area contributed by atoms with Crippen molar-refractivity contribution < 1.29 is 23.8 Å². The number of carbonyl (C=O) groups excluding carboxylic acids is 2. The summed E-state index contributed by atoms with van der Waals surface area (Å²) in [4.78, 5) is 31.7. The number of benzene rings is 2. The van der Waals surface area contributed by atoms with Gasteiger partial charge in [0.15, 0.2) is 22.9 Å². The fourth-order valence-corrected chi connectivity index (χ4v) is 4.75. The molecule has 7 heteroatoms. The Kier molecular flexibility index (Phi) is 4.96. The summed E-state index contributed by atoms with van der Waals surface area (Å²) in [6.07, 6.45) is 0.681. The highest BCUT2D eigenvalue weighted by atomic mass is 16.5. The number of aromatic amines is 1. The molecule has 0 bridgehead atoms. The monoisotopic (exact) mass is 444 g/mol. The van der Waals surface area contributed by atoms with Crippen molar-refractivity contribution >= 4 is 33.6 Å². The lowest BCUT2D eigenvalue weighted by Crippen LogP contribution is -2.32. The van der Waals surface area contributed by atoms with Crippen LogP contribution in [0.2, 0.25) is 0 Å². The Hall–Kier alpha value is -4.00. The Morgan fingerprint density at radius 2 is 2.00 bits per heavy atom. The number of nitrogens with zero attached hydrogens (tertiary/aromatic N) is 1. The Morgan fingerprint density at radius 1 is 1.21 bits per heavy atom. The summed E-state index contributed by atoms with van der Waals surface area (Å²) in [6, 6.07) is 14.0. The summed E-state index contributed by atoms with van der Waals surface area (Å²) in [5.41, 5.74) is 3.01. The molecule has 2 N–H and O–H groups in total. The van der Waals surface area contributed by atoms with Gasteiger partial charge in [0.2, 0.25) is 5.78 Å². The number of rotatable bonds is 6. The van der Waals surface area contributed by atoms with Crippen LogP contribution in [-0.2, 0) is 4.79 Å². The molecule has 5 rings (SSSR count). The van der Waals surface area contributed by atoms with E-state index in [4.69, 9.17) is 9.15 Å². The van der Waals surface area contributed by atoms with Crippen molar-refractivity contribution in [2.75, 3.05) is 13.7 Å². The molecule has 168 valence electrons. The standard InChI is InChI=1S/C26H24N2O5/c1-4-12-28-22(20-14(2)27-17-10-6-5-9-16(17)20)21(24(30)26(28)31)23(29)19-13-15-8-7-11-18(32-3)25(15)33-19/h5-11,13,22,27,30H,4,12H2,1-3H3. The fraction of sp³-hybridized carbons (Fsp3) is 0.231. The highest BCUT2D eigenvalue weighted by Crippen LogP contribution is 2.43. The molecule has 0 saturated carbocycles. The molecule has 4 aromatic rings. The summed E-state index contributed by atoms with van der Waals surface area (Å²) in [6.45, 7) is 4.26. The van der Waals surface area contributed by atoms with E-state index in [9.17, 15) is 14.7 Å². The maximum absolute atomic E-state index is 13.7. The number of hydrogen-bond acceptors (Lipinski definition) is 5. The smallest absolute Gasteiger partial charge is 0.290 e. The zero-order valence-electron chi connectivity index (χ0n) is 18.6. The van der Waals surface area contributed by atoms with Crippen LogP contribution in [0, 0.1) is 6.92 Å². The van der Waals surface area contributed by atoms with Crippen molar-refractivity contribution in [3.05, 3.63) is 76.9 Å². The third-order valence-electron chi connectivity index (χ3n) is 6.18. The van der Waals surface area contributed by atoms with Gasteiger partial charge in [-0.25, -0.2) is 0 Å². The normalized spacial score (nSPS) is 16.4. The first kappa shape index (κ1) is 20.9. The maximum atomic E-state index is 13.7. The second kappa shape index (κ2) is 7.85. The zero-order valence-corrected chi connectivity index (χ0v) is 18.6. The summed E-state index contributed by atoms with van der Waals surface area (Å²) in [7, 11) is 1.53.